The summed E-state index contributed by atoms with van der Waals surface area (Å²) in [5.74, 6) is -1.34. The molecule has 4 nitrogen and oxygen atoms in total. The first-order valence-electron chi connectivity index (χ1n) is 11.7. The minimum Gasteiger partial charge on any atom is -0.462 e. The highest BCUT2D eigenvalue weighted by molar-refractivity contribution is 7.81. The molecule has 0 radical (unpaired) electrons. The number of anilines is 1. The molecule has 1 aliphatic rings. The van der Waals surface area contributed by atoms with Crippen molar-refractivity contribution in [3.63, 3.8) is 0 Å². The average molecular weight is 489 g/mol. The van der Waals surface area contributed by atoms with Gasteiger partial charge in [-0.05, 0) is 70.9 Å². The standard InChI is InChI=1S/C29H29FN2O2S/c1-4-34-28(33)23-11-10-21(16-26(23)30)32-27(35)20-9-12-25-24(15-20)22(13-14-29(25,2)3)19-7-5-18(17-31)6-8-19/h5-13,15-16H,4,14,17,31H2,1-3H3,(H,32,35). The van der Waals surface area contributed by atoms with Crippen LogP contribution in [0.15, 0.2) is 66.7 Å². The Balaban J connectivity index is 1.63. The first kappa shape index (κ1) is 24.8. The van der Waals surface area contributed by atoms with Gasteiger partial charge in [-0.25, -0.2) is 9.18 Å². The minimum atomic E-state index is -0.685. The van der Waals surface area contributed by atoms with E-state index in [-0.39, 0.29) is 17.6 Å². The Morgan fingerprint density at radius 2 is 1.86 bits per heavy atom. The molecule has 0 aliphatic heterocycles. The highest BCUT2D eigenvalue weighted by Crippen LogP contribution is 2.41. The van der Waals surface area contributed by atoms with Gasteiger partial charge in [0.1, 0.15) is 10.8 Å². The maximum absolute atomic E-state index is 14.5. The van der Waals surface area contributed by atoms with E-state index >= 15 is 0 Å². The van der Waals surface area contributed by atoms with Crippen LogP contribution in [0.5, 0.6) is 0 Å². The van der Waals surface area contributed by atoms with Crippen LogP contribution in [-0.2, 0) is 16.7 Å². The Kier molecular flexibility index (Phi) is 7.15. The van der Waals surface area contributed by atoms with Crippen LogP contribution in [0.2, 0.25) is 0 Å². The van der Waals surface area contributed by atoms with Gasteiger partial charge < -0.3 is 15.8 Å². The summed E-state index contributed by atoms with van der Waals surface area (Å²) in [5, 5.41) is 3.10. The second-order valence-electron chi connectivity index (χ2n) is 9.24. The van der Waals surface area contributed by atoms with Crippen LogP contribution in [0.1, 0.15) is 65.4 Å². The SMILES string of the molecule is CCOC(=O)c1ccc(NC(=S)c2ccc3c(c2)C(c2ccc(CN)cc2)=CCC3(C)C)cc1F. The van der Waals surface area contributed by atoms with Crippen molar-refractivity contribution in [1.29, 1.82) is 0 Å². The molecule has 0 spiro atoms. The van der Waals surface area contributed by atoms with E-state index in [0.717, 1.165) is 34.2 Å². The number of rotatable bonds is 6. The number of benzene rings is 3. The second kappa shape index (κ2) is 10.1. The van der Waals surface area contributed by atoms with E-state index < -0.39 is 11.8 Å². The van der Waals surface area contributed by atoms with Crippen LogP contribution in [0.4, 0.5) is 10.1 Å². The lowest BCUT2D eigenvalue weighted by molar-refractivity contribution is 0.0521. The molecule has 0 unspecified atom stereocenters. The molecule has 0 heterocycles. The summed E-state index contributed by atoms with van der Waals surface area (Å²) in [5.41, 5.74) is 12.7. The largest absolute Gasteiger partial charge is 0.462 e. The van der Waals surface area contributed by atoms with Gasteiger partial charge in [0.05, 0.1) is 12.2 Å². The Morgan fingerprint density at radius 3 is 2.51 bits per heavy atom. The van der Waals surface area contributed by atoms with Gasteiger partial charge in [0, 0.05) is 17.8 Å². The molecule has 0 amide bonds. The third kappa shape index (κ3) is 5.19. The average Bonchev–Trinajstić information content (AvgIpc) is 2.84. The van der Waals surface area contributed by atoms with Crippen molar-refractivity contribution >= 4 is 34.4 Å². The molecule has 0 saturated heterocycles. The zero-order valence-electron chi connectivity index (χ0n) is 20.2. The van der Waals surface area contributed by atoms with E-state index in [1.54, 1.807) is 13.0 Å². The number of carbonyl (C=O) groups excluding carboxylic acids is 1. The molecule has 0 fully saturated rings. The fourth-order valence-corrected chi connectivity index (χ4v) is 4.58. The minimum absolute atomic E-state index is 0.00430. The van der Waals surface area contributed by atoms with Gasteiger partial charge in [-0.15, -0.1) is 0 Å². The van der Waals surface area contributed by atoms with Gasteiger partial charge in [-0.1, -0.05) is 68.5 Å². The molecule has 3 aromatic carbocycles. The second-order valence-corrected chi connectivity index (χ2v) is 9.64. The number of allylic oxidation sites excluding steroid dienone is 1. The van der Waals surface area contributed by atoms with E-state index in [1.807, 2.05) is 6.07 Å². The van der Waals surface area contributed by atoms with Crippen molar-refractivity contribution in [3.8, 4) is 0 Å². The third-order valence-corrected chi connectivity index (χ3v) is 6.68. The van der Waals surface area contributed by atoms with Gasteiger partial charge in [0.15, 0.2) is 0 Å². The van der Waals surface area contributed by atoms with E-state index in [4.69, 9.17) is 22.7 Å². The number of carbonyl (C=O) groups is 1. The third-order valence-electron chi connectivity index (χ3n) is 6.34. The number of esters is 1. The predicted octanol–water partition coefficient (Wildman–Crippen LogP) is 6.36. The number of thiocarbonyl (C=S) groups is 1. The fourth-order valence-electron chi connectivity index (χ4n) is 4.34. The monoisotopic (exact) mass is 488 g/mol. The van der Waals surface area contributed by atoms with E-state index in [1.165, 1.54) is 17.7 Å². The van der Waals surface area contributed by atoms with Crippen molar-refractivity contribution in [2.75, 3.05) is 11.9 Å². The quantitative estimate of drug-likeness (QED) is 0.312. The number of halogens is 1. The smallest absolute Gasteiger partial charge is 0.341 e. The molecule has 1 aliphatic carbocycles. The fraction of sp³-hybridized carbons (Fsp3) is 0.241. The molecule has 6 heteroatoms. The Labute approximate surface area is 211 Å². The number of nitrogens with two attached hydrogens (primary N) is 1. The molecule has 0 atom stereocenters. The first-order chi connectivity index (χ1) is 16.7. The Bertz CT molecular complexity index is 1310. The van der Waals surface area contributed by atoms with Crippen LogP contribution in [0.25, 0.3) is 5.57 Å². The predicted molar refractivity (Wildman–Crippen MR) is 143 cm³/mol. The van der Waals surface area contributed by atoms with Crippen LogP contribution in [0.3, 0.4) is 0 Å². The molecule has 3 aromatic rings. The molecule has 4 rings (SSSR count). The van der Waals surface area contributed by atoms with Crippen molar-refractivity contribution < 1.29 is 13.9 Å². The molecular formula is C29H29FN2O2S. The lowest BCUT2D eigenvalue weighted by atomic mass is 9.72. The molecule has 0 saturated carbocycles. The van der Waals surface area contributed by atoms with Crippen molar-refractivity contribution in [2.45, 2.75) is 39.2 Å². The molecule has 3 N–H and O–H groups in total. The highest BCUT2D eigenvalue weighted by Gasteiger charge is 2.29. The van der Waals surface area contributed by atoms with Gasteiger partial charge in [0.2, 0.25) is 0 Å². The summed E-state index contributed by atoms with van der Waals surface area (Å²) in [4.78, 5) is 12.3. The van der Waals surface area contributed by atoms with Crippen LogP contribution in [0, 0.1) is 5.82 Å². The maximum Gasteiger partial charge on any atom is 0.341 e. The number of hydrogen-bond acceptors (Lipinski definition) is 4. The lowest BCUT2D eigenvalue weighted by Gasteiger charge is -2.33. The number of fused-ring (bicyclic) bond motifs is 1. The van der Waals surface area contributed by atoms with E-state index in [9.17, 15) is 9.18 Å². The summed E-state index contributed by atoms with van der Waals surface area (Å²) in [7, 11) is 0. The summed E-state index contributed by atoms with van der Waals surface area (Å²) in [6, 6.07) is 18.8. The van der Waals surface area contributed by atoms with Gasteiger partial charge in [-0.3, -0.25) is 0 Å². The van der Waals surface area contributed by atoms with Crippen LogP contribution < -0.4 is 11.1 Å². The number of ether oxygens (including phenoxy) is 1. The normalized spacial score (nSPS) is 14.0. The van der Waals surface area contributed by atoms with Crippen molar-refractivity contribution in [1.82, 2.24) is 0 Å². The summed E-state index contributed by atoms with van der Waals surface area (Å²) in [6.45, 7) is 6.85. The van der Waals surface area contributed by atoms with Crippen LogP contribution in [-0.4, -0.2) is 17.6 Å². The van der Waals surface area contributed by atoms with Gasteiger partial charge in [0.25, 0.3) is 0 Å². The topological polar surface area (TPSA) is 64.3 Å². The lowest BCUT2D eigenvalue weighted by Crippen LogP contribution is -2.23. The molecule has 0 aromatic heterocycles. The van der Waals surface area contributed by atoms with Crippen molar-refractivity contribution in [3.05, 3.63) is 106 Å². The molecular weight excluding hydrogens is 459 g/mol. The summed E-state index contributed by atoms with van der Waals surface area (Å²) < 4.78 is 19.4. The summed E-state index contributed by atoms with van der Waals surface area (Å²) >= 11 is 5.66. The molecule has 180 valence electrons. The van der Waals surface area contributed by atoms with Gasteiger partial charge >= 0.3 is 5.97 Å². The van der Waals surface area contributed by atoms with Crippen LogP contribution >= 0.6 is 12.2 Å². The Morgan fingerprint density at radius 1 is 1.11 bits per heavy atom. The number of nitrogens with one attached hydrogen (secondary N) is 1. The zero-order chi connectivity index (χ0) is 25.2. The van der Waals surface area contributed by atoms with Crippen molar-refractivity contribution in [2.24, 2.45) is 5.73 Å². The van der Waals surface area contributed by atoms with E-state index in [0.29, 0.717) is 17.2 Å². The Hall–Kier alpha value is -3.35. The highest BCUT2D eigenvalue weighted by atomic mass is 32.1. The first-order valence-corrected chi connectivity index (χ1v) is 12.1. The van der Waals surface area contributed by atoms with E-state index in [2.05, 4.69) is 61.6 Å². The van der Waals surface area contributed by atoms with Gasteiger partial charge in [-0.2, -0.15) is 0 Å². The maximum atomic E-state index is 14.5. The zero-order valence-corrected chi connectivity index (χ0v) is 21.0. The summed E-state index contributed by atoms with van der Waals surface area (Å²) in [6.07, 6.45) is 3.21. The molecule has 35 heavy (non-hydrogen) atoms. The number of hydrogen-bond donors (Lipinski definition) is 2. The molecule has 0 bridgehead atoms.